The van der Waals surface area contributed by atoms with Crippen LogP contribution in [0.3, 0.4) is 0 Å². The number of rotatable bonds is 9. The zero-order valence-corrected chi connectivity index (χ0v) is 23.0. The summed E-state index contributed by atoms with van der Waals surface area (Å²) in [6.07, 6.45) is 7.52. The molecular formula is C28H43O5P. The van der Waals surface area contributed by atoms with E-state index in [1.807, 2.05) is 27.7 Å². The summed E-state index contributed by atoms with van der Waals surface area (Å²) in [5.74, 6) is 2.33. The minimum atomic E-state index is -3.27. The van der Waals surface area contributed by atoms with E-state index in [1.165, 1.54) is 11.1 Å². The molecule has 0 spiro atoms. The van der Waals surface area contributed by atoms with Crippen molar-refractivity contribution in [1.29, 1.82) is 0 Å². The van der Waals surface area contributed by atoms with E-state index in [0.717, 1.165) is 43.2 Å². The molecule has 0 aliphatic heterocycles. The highest BCUT2D eigenvalue weighted by molar-refractivity contribution is 7.58. The van der Waals surface area contributed by atoms with Crippen molar-refractivity contribution in [1.82, 2.24) is 0 Å². The van der Waals surface area contributed by atoms with Crippen molar-refractivity contribution in [3.8, 4) is 5.75 Å². The zero-order valence-electron chi connectivity index (χ0n) is 22.1. The summed E-state index contributed by atoms with van der Waals surface area (Å²) in [6, 6.07) is 6.63. The quantitative estimate of drug-likeness (QED) is 0.262. The first-order valence-corrected chi connectivity index (χ1v) is 14.6. The number of fused-ring (bicyclic) bond motifs is 5. The van der Waals surface area contributed by atoms with Gasteiger partial charge in [-0.25, -0.2) is 0 Å². The first-order chi connectivity index (χ1) is 16.1. The van der Waals surface area contributed by atoms with E-state index in [2.05, 4.69) is 38.1 Å². The summed E-state index contributed by atoms with van der Waals surface area (Å²) in [5, 5.41) is 0.946. The molecular weight excluding hydrogens is 447 g/mol. The van der Waals surface area contributed by atoms with Crippen molar-refractivity contribution in [3.05, 3.63) is 40.7 Å². The number of benzene rings is 1. The van der Waals surface area contributed by atoms with Gasteiger partial charge in [0.2, 0.25) is 5.79 Å². The van der Waals surface area contributed by atoms with Gasteiger partial charge in [-0.3, -0.25) is 4.57 Å². The van der Waals surface area contributed by atoms with Crippen molar-refractivity contribution >= 4 is 7.60 Å². The maximum atomic E-state index is 13.9. The van der Waals surface area contributed by atoms with Crippen LogP contribution < -0.4 is 4.74 Å². The predicted octanol–water partition coefficient (Wildman–Crippen LogP) is 7.70. The Labute approximate surface area is 206 Å². The Morgan fingerprint density at radius 3 is 2.47 bits per heavy atom. The maximum absolute atomic E-state index is 13.9. The van der Waals surface area contributed by atoms with Crippen LogP contribution in [0.2, 0.25) is 0 Å². The molecule has 3 aliphatic rings. The highest BCUT2D eigenvalue weighted by Crippen LogP contribution is 2.73. The second kappa shape index (κ2) is 9.73. The highest BCUT2D eigenvalue weighted by atomic mass is 31.2. The van der Waals surface area contributed by atoms with E-state index < -0.39 is 13.4 Å². The van der Waals surface area contributed by atoms with Crippen molar-refractivity contribution < 1.29 is 23.1 Å². The molecule has 6 heteroatoms. The van der Waals surface area contributed by atoms with Crippen molar-refractivity contribution in [3.63, 3.8) is 0 Å². The monoisotopic (exact) mass is 490 g/mol. The van der Waals surface area contributed by atoms with Gasteiger partial charge in [-0.1, -0.05) is 32.4 Å². The Bertz CT molecular complexity index is 960. The number of aryl methyl sites for hydroxylation is 1. The summed E-state index contributed by atoms with van der Waals surface area (Å²) in [5.41, 5.74) is 2.76. The first kappa shape index (κ1) is 25.9. The van der Waals surface area contributed by atoms with Crippen LogP contribution in [0.5, 0.6) is 5.75 Å². The number of allylic oxidation sites excluding steroid dienone is 2. The predicted molar refractivity (Wildman–Crippen MR) is 136 cm³/mol. The van der Waals surface area contributed by atoms with E-state index >= 15 is 0 Å². The van der Waals surface area contributed by atoms with Crippen LogP contribution >= 0.6 is 7.60 Å². The molecule has 190 valence electrons. The van der Waals surface area contributed by atoms with Crippen LogP contribution in [0.4, 0.5) is 0 Å². The highest BCUT2D eigenvalue weighted by Gasteiger charge is 2.58. The van der Waals surface area contributed by atoms with E-state index in [0.29, 0.717) is 36.9 Å². The normalized spacial score (nSPS) is 30.9. The van der Waals surface area contributed by atoms with E-state index in [9.17, 15) is 4.57 Å². The molecule has 1 aromatic carbocycles. The molecule has 4 rings (SSSR count). The fourth-order valence-corrected chi connectivity index (χ4v) is 9.38. The van der Waals surface area contributed by atoms with Crippen LogP contribution in [0.25, 0.3) is 0 Å². The summed E-state index contributed by atoms with van der Waals surface area (Å²) in [7, 11) is -1.59. The van der Waals surface area contributed by atoms with Gasteiger partial charge in [0.05, 0.1) is 13.2 Å². The molecule has 5 nitrogen and oxygen atoms in total. The number of ether oxygens (including phenoxy) is 2. The first-order valence-electron chi connectivity index (χ1n) is 13.1. The fourth-order valence-electron chi connectivity index (χ4n) is 7.14. The van der Waals surface area contributed by atoms with Gasteiger partial charge in [0.1, 0.15) is 5.75 Å². The van der Waals surface area contributed by atoms with Gasteiger partial charge in [-0.2, -0.15) is 0 Å². The van der Waals surface area contributed by atoms with Gasteiger partial charge in [0.15, 0.2) is 0 Å². The Morgan fingerprint density at radius 1 is 1.15 bits per heavy atom. The average molecular weight is 491 g/mol. The second-order valence-corrected chi connectivity index (χ2v) is 12.8. The molecule has 34 heavy (non-hydrogen) atoms. The third-order valence-electron chi connectivity index (χ3n) is 8.63. The summed E-state index contributed by atoms with van der Waals surface area (Å²) >= 11 is 0. The van der Waals surface area contributed by atoms with E-state index in [4.69, 9.17) is 18.5 Å². The molecule has 1 saturated carbocycles. The molecule has 3 aliphatic carbocycles. The third kappa shape index (κ3) is 4.43. The lowest BCUT2D eigenvalue weighted by Crippen LogP contribution is -2.45. The Morgan fingerprint density at radius 2 is 1.85 bits per heavy atom. The Kier molecular flexibility index (Phi) is 7.43. The average Bonchev–Trinajstić information content (AvgIpc) is 3.15. The maximum Gasteiger partial charge on any atom is 0.357 e. The van der Waals surface area contributed by atoms with Crippen LogP contribution in [-0.4, -0.2) is 26.1 Å². The number of hydrogen-bond donors (Lipinski definition) is 0. The van der Waals surface area contributed by atoms with Gasteiger partial charge < -0.3 is 18.5 Å². The minimum absolute atomic E-state index is 0.134. The molecule has 1 aromatic rings. The Balaban J connectivity index is 1.66. The van der Waals surface area contributed by atoms with Crippen molar-refractivity contribution in [2.45, 2.75) is 85.4 Å². The SMILES string of the molecule is CCOP(=O)(OCC)C1=CC[C@H]2[C@@H]3CCc4cc(OC(C)(C)OC)ccc4[C@H]3[C@@H](CC)C[C@]12C. The summed E-state index contributed by atoms with van der Waals surface area (Å²) in [6.45, 7) is 13.1. The standard InChI is InChI=1S/C28H43O5P/c1-8-19-18-28(6)24(15-16-25(28)34(29,31-9-2)32-10-3)23-13-11-20-17-21(33-27(4,5)30-7)12-14-22(20)26(19)23/h12,14,16-17,19,23-24,26H,8-11,13,15,18H2,1-7H3/t19-,23-,24-,26+,28-/m0/s1. The van der Waals surface area contributed by atoms with Gasteiger partial charge in [0, 0.05) is 31.7 Å². The molecule has 0 heterocycles. The number of methoxy groups -OCH3 is 1. The van der Waals surface area contributed by atoms with Crippen LogP contribution in [0.15, 0.2) is 29.6 Å². The molecule has 0 saturated heterocycles. The zero-order chi connectivity index (χ0) is 24.7. The number of hydrogen-bond acceptors (Lipinski definition) is 5. The van der Waals surface area contributed by atoms with Crippen molar-refractivity contribution in [2.75, 3.05) is 20.3 Å². The Hall–Kier alpha value is -1.13. The lowest BCUT2D eigenvalue weighted by Gasteiger charge is -2.54. The smallest absolute Gasteiger partial charge is 0.357 e. The van der Waals surface area contributed by atoms with Gasteiger partial charge >= 0.3 is 7.60 Å². The van der Waals surface area contributed by atoms with Gasteiger partial charge in [-0.15, -0.1) is 0 Å². The lowest BCUT2D eigenvalue weighted by atomic mass is 9.51. The molecule has 0 radical (unpaired) electrons. The van der Waals surface area contributed by atoms with Crippen LogP contribution in [0, 0.1) is 23.2 Å². The minimum Gasteiger partial charge on any atom is -0.463 e. The van der Waals surface area contributed by atoms with Crippen molar-refractivity contribution in [2.24, 2.45) is 23.2 Å². The third-order valence-corrected chi connectivity index (χ3v) is 11.1. The van der Waals surface area contributed by atoms with E-state index in [-0.39, 0.29) is 5.41 Å². The molecule has 0 N–H and O–H groups in total. The largest absolute Gasteiger partial charge is 0.463 e. The second-order valence-electron chi connectivity index (χ2n) is 10.8. The summed E-state index contributed by atoms with van der Waals surface area (Å²) < 4.78 is 37.1. The topological polar surface area (TPSA) is 54.0 Å². The molecule has 0 aromatic heterocycles. The van der Waals surface area contributed by atoms with E-state index in [1.54, 1.807) is 7.11 Å². The molecule has 0 unspecified atom stereocenters. The molecule has 1 fully saturated rings. The van der Waals surface area contributed by atoms with Gasteiger partial charge in [-0.05, 0) is 86.5 Å². The molecule has 5 atom stereocenters. The van der Waals surface area contributed by atoms with Crippen LogP contribution in [-0.2, 0) is 24.8 Å². The molecule has 0 bridgehead atoms. The fraction of sp³-hybridized carbons (Fsp3) is 0.714. The van der Waals surface area contributed by atoms with Crippen LogP contribution in [0.1, 0.15) is 84.3 Å². The van der Waals surface area contributed by atoms with Gasteiger partial charge in [0.25, 0.3) is 0 Å². The molecule has 0 amide bonds. The summed E-state index contributed by atoms with van der Waals surface area (Å²) in [4.78, 5) is 0. The lowest BCUT2D eigenvalue weighted by molar-refractivity contribution is -0.134.